The highest BCUT2D eigenvalue weighted by molar-refractivity contribution is 5.86. The summed E-state index contributed by atoms with van der Waals surface area (Å²) in [7, 11) is 2.17. The summed E-state index contributed by atoms with van der Waals surface area (Å²) < 4.78 is 5.96. The van der Waals surface area contributed by atoms with Crippen molar-refractivity contribution in [2.75, 3.05) is 38.1 Å². The molecule has 0 amide bonds. The first kappa shape index (κ1) is 18.7. The van der Waals surface area contributed by atoms with Crippen LogP contribution in [0.3, 0.4) is 0 Å². The van der Waals surface area contributed by atoms with Crippen molar-refractivity contribution >= 4 is 16.7 Å². The van der Waals surface area contributed by atoms with Gasteiger partial charge in [-0.1, -0.05) is 30.3 Å². The van der Waals surface area contributed by atoms with Crippen LogP contribution in [-0.4, -0.2) is 48.1 Å². The average molecular weight is 399 g/mol. The van der Waals surface area contributed by atoms with Crippen molar-refractivity contribution in [3.63, 3.8) is 0 Å². The van der Waals surface area contributed by atoms with Crippen LogP contribution in [0.25, 0.3) is 22.2 Å². The zero-order chi connectivity index (χ0) is 20.3. The second kappa shape index (κ2) is 8.20. The molecule has 0 spiro atoms. The zero-order valence-electron chi connectivity index (χ0n) is 17.2. The van der Waals surface area contributed by atoms with E-state index in [0.717, 1.165) is 60.1 Å². The van der Waals surface area contributed by atoms with E-state index in [-0.39, 0.29) is 0 Å². The minimum absolute atomic E-state index is 0.567. The third-order valence-corrected chi connectivity index (χ3v) is 5.73. The van der Waals surface area contributed by atoms with Crippen LogP contribution in [0.4, 0.5) is 5.82 Å². The molecule has 0 saturated carbocycles. The quantitative estimate of drug-likeness (QED) is 0.535. The molecule has 5 nitrogen and oxygen atoms in total. The number of rotatable bonds is 5. The molecule has 5 rings (SSSR count). The van der Waals surface area contributed by atoms with Crippen molar-refractivity contribution in [2.45, 2.75) is 6.61 Å². The van der Waals surface area contributed by atoms with E-state index >= 15 is 0 Å². The van der Waals surface area contributed by atoms with Crippen LogP contribution in [-0.2, 0) is 6.61 Å². The summed E-state index contributed by atoms with van der Waals surface area (Å²) in [6.07, 6.45) is 1.96. The predicted octanol–water partition coefficient (Wildman–Crippen LogP) is 4.56. The van der Waals surface area contributed by atoms with Gasteiger partial charge in [0.15, 0.2) is 0 Å². The van der Waals surface area contributed by atoms with E-state index < -0.39 is 0 Å². The van der Waals surface area contributed by atoms with Gasteiger partial charge in [0.05, 0.1) is 0 Å². The Hall–Kier alpha value is -3.31. The summed E-state index contributed by atoms with van der Waals surface area (Å²) in [5.41, 5.74) is 4.40. The van der Waals surface area contributed by atoms with Crippen LogP contribution >= 0.6 is 0 Å². The van der Waals surface area contributed by atoms with E-state index in [9.17, 15) is 0 Å². The summed E-state index contributed by atoms with van der Waals surface area (Å²) in [5.74, 6) is 1.92. The molecular formula is C25H26N4O. The Morgan fingerprint density at radius 1 is 0.933 bits per heavy atom. The van der Waals surface area contributed by atoms with Gasteiger partial charge in [-0.05, 0) is 42.9 Å². The maximum absolute atomic E-state index is 5.96. The lowest BCUT2D eigenvalue weighted by Crippen LogP contribution is -2.44. The lowest BCUT2D eigenvalue weighted by Gasteiger charge is -2.33. The fourth-order valence-corrected chi connectivity index (χ4v) is 3.86. The zero-order valence-corrected chi connectivity index (χ0v) is 17.2. The predicted molar refractivity (Wildman–Crippen MR) is 122 cm³/mol. The number of pyridine rings is 1. The van der Waals surface area contributed by atoms with Crippen LogP contribution in [0.15, 0.2) is 72.9 Å². The van der Waals surface area contributed by atoms with Gasteiger partial charge in [0.1, 0.15) is 18.2 Å². The molecule has 4 aromatic rings. The first-order valence-electron chi connectivity index (χ1n) is 10.4. The molecule has 2 aromatic carbocycles. The first-order chi connectivity index (χ1) is 14.7. The summed E-state index contributed by atoms with van der Waals surface area (Å²) in [4.78, 5) is 12.9. The molecule has 0 unspecified atom stereocenters. The molecule has 152 valence electrons. The fourth-order valence-electron chi connectivity index (χ4n) is 3.86. The highest BCUT2D eigenvalue weighted by Crippen LogP contribution is 2.28. The van der Waals surface area contributed by atoms with Gasteiger partial charge >= 0.3 is 0 Å². The van der Waals surface area contributed by atoms with Crippen molar-refractivity contribution in [1.29, 1.82) is 0 Å². The molecule has 30 heavy (non-hydrogen) atoms. The maximum atomic E-state index is 5.96. The number of nitrogens with zero attached hydrogens (tertiary/aromatic N) is 3. The second-order valence-electron chi connectivity index (χ2n) is 7.90. The van der Waals surface area contributed by atoms with Gasteiger partial charge in [0.2, 0.25) is 0 Å². The number of hydrogen-bond acceptors (Lipinski definition) is 4. The van der Waals surface area contributed by atoms with Gasteiger partial charge in [0.25, 0.3) is 0 Å². The van der Waals surface area contributed by atoms with Crippen molar-refractivity contribution in [3.8, 4) is 17.0 Å². The van der Waals surface area contributed by atoms with Crippen LogP contribution in [0, 0.1) is 0 Å². The molecule has 1 aliphatic rings. The van der Waals surface area contributed by atoms with Crippen LogP contribution in [0.5, 0.6) is 5.75 Å². The van der Waals surface area contributed by atoms with Crippen molar-refractivity contribution in [1.82, 2.24) is 14.9 Å². The molecule has 0 atom stereocenters. The molecule has 1 aliphatic heterocycles. The third kappa shape index (κ3) is 4.02. The monoisotopic (exact) mass is 398 g/mol. The molecule has 0 radical (unpaired) electrons. The van der Waals surface area contributed by atoms with E-state index in [2.05, 4.69) is 64.3 Å². The number of aromatic nitrogens is 2. The van der Waals surface area contributed by atoms with Crippen molar-refractivity contribution in [2.24, 2.45) is 0 Å². The number of likely N-dealkylation sites (N-methyl/N-ethyl adjacent to an activating group) is 1. The minimum Gasteiger partial charge on any atom is -0.489 e. The molecule has 2 aromatic heterocycles. The molecule has 1 saturated heterocycles. The number of benzene rings is 2. The largest absolute Gasteiger partial charge is 0.489 e. The molecular weight excluding hydrogens is 372 g/mol. The summed E-state index contributed by atoms with van der Waals surface area (Å²) in [5, 5.41) is 1.17. The Labute approximate surface area is 176 Å². The number of H-pyrrole nitrogens is 1. The molecule has 1 N–H and O–H groups in total. The number of nitrogens with one attached hydrogen (secondary N) is 1. The number of ether oxygens (including phenoxy) is 1. The smallest absolute Gasteiger partial charge is 0.128 e. The van der Waals surface area contributed by atoms with E-state index in [1.54, 1.807) is 0 Å². The lowest BCUT2D eigenvalue weighted by molar-refractivity contribution is 0.306. The van der Waals surface area contributed by atoms with E-state index in [1.807, 2.05) is 30.5 Å². The molecule has 5 heteroatoms. The Morgan fingerprint density at radius 2 is 1.77 bits per heavy atom. The van der Waals surface area contributed by atoms with Crippen LogP contribution in [0.2, 0.25) is 0 Å². The van der Waals surface area contributed by atoms with Gasteiger partial charge in [-0.25, -0.2) is 4.98 Å². The maximum Gasteiger partial charge on any atom is 0.128 e. The van der Waals surface area contributed by atoms with Gasteiger partial charge in [-0.3, -0.25) is 0 Å². The molecule has 3 heterocycles. The van der Waals surface area contributed by atoms with Crippen LogP contribution in [0.1, 0.15) is 5.56 Å². The highest BCUT2D eigenvalue weighted by atomic mass is 16.5. The van der Waals surface area contributed by atoms with E-state index in [4.69, 9.17) is 9.72 Å². The SMILES string of the molecule is CN1CCN(c2ccc(-c3cc4ccc(OCc5ccccc5)cc4[nH]3)cn2)CC1. The van der Waals surface area contributed by atoms with Gasteiger partial charge in [0, 0.05) is 60.6 Å². The third-order valence-electron chi connectivity index (χ3n) is 5.73. The Balaban J connectivity index is 1.31. The molecule has 0 aliphatic carbocycles. The number of hydrogen-bond donors (Lipinski definition) is 1. The molecule has 1 fully saturated rings. The van der Waals surface area contributed by atoms with E-state index in [0.29, 0.717) is 6.61 Å². The number of anilines is 1. The Kier molecular flexibility index (Phi) is 5.11. The average Bonchev–Trinajstić information content (AvgIpc) is 3.22. The highest BCUT2D eigenvalue weighted by Gasteiger charge is 2.15. The van der Waals surface area contributed by atoms with Crippen LogP contribution < -0.4 is 9.64 Å². The standard InChI is InChI=1S/C25H26N4O/c1-28-11-13-29(14-12-28)25-10-8-21(17-26-25)23-15-20-7-9-22(16-24(20)27-23)30-18-19-5-3-2-4-6-19/h2-10,15-17,27H,11-14,18H2,1H3. The Bertz CT molecular complexity index is 1110. The number of fused-ring (bicyclic) bond motifs is 1. The molecule has 0 bridgehead atoms. The number of aromatic amines is 1. The fraction of sp³-hybridized carbons (Fsp3) is 0.240. The number of piperazine rings is 1. The van der Waals surface area contributed by atoms with Gasteiger partial charge in [-0.2, -0.15) is 0 Å². The van der Waals surface area contributed by atoms with E-state index in [1.165, 1.54) is 5.39 Å². The summed E-state index contributed by atoms with van der Waals surface area (Å²) in [6.45, 7) is 4.79. The minimum atomic E-state index is 0.567. The topological polar surface area (TPSA) is 44.4 Å². The van der Waals surface area contributed by atoms with Gasteiger partial charge in [-0.15, -0.1) is 0 Å². The Morgan fingerprint density at radius 3 is 2.53 bits per heavy atom. The first-order valence-corrected chi connectivity index (χ1v) is 10.4. The normalized spacial score (nSPS) is 14.9. The van der Waals surface area contributed by atoms with Crippen molar-refractivity contribution in [3.05, 3.63) is 78.5 Å². The van der Waals surface area contributed by atoms with Gasteiger partial charge < -0.3 is 19.5 Å². The summed E-state index contributed by atoms with van der Waals surface area (Å²) in [6, 6.07) is 22.9. The summed E-state index contributed by atoms with van der Waals surface area (Å²) >= 11 is 0. The van der Waals surface area contributed by atoms with Crippen molar-refractivity contribution < 1.29 is 4.74 Å². The lowest BCUT2D eigenvalue weighted by atomic mass is 10.2. The second-order valence-corrected chi connectivity index (χ2v) is 7.90.